The van der Waals surface area contributed by atoms with E-state index in [0.717, 1.165) is 75.0 Å². The minimum absolute atomic E-state index is 0.725. The Kier molecular flexibility index (Phi) is 6.08. The van der Waals surface area contributed by atoms with Gasteiger partial charge in [-0.2, -0.15) is 5.10 Å². The highest BCUT2D eigenvalue weighted by Crippen LogP contribution is 2.24. The van der Waals surface area contributed by atoms with Gasteiger partial charge in [-0.25, -0.2) is 9.97 Å². The van der Waals surface area contributed by atoms with E-state index in [9.17, 15) is 0 Å². The van der Waals surface area contributed by atoms with E-state index in [4.69, 9.17) is 4.98 Å². The van der Waals surface area contributed by atoms with Crippen LogP contribution in [0.4, 0.5) is 11.6 Å². The van der Waals surface area contributed by atoms with Crippen molar-refractivity contribution in [1.82, 2.24) is 25.1 Å². The minimum Gasteiger partial charge on any atom is -0.366 e. The van der Waals surface area contributed by atoms with Crippen molar-refractivity contribution in [2.45, 2.75) is 46.6 Å². The van der Waals surface area contributed by atoms with Gasteiger partial charge in [0.25, 0.3) is 0 Å². The lowest BCUT2D eigenvalue weighted by molar-refractivity contribution is 0.571. The first-order valence-electron chi connectivity index (χ1n) is 9.65. The van der Waals surface area contributed by atoms with Crippen LogP contribution in [0.5, 0.6) is 0 Å². The Labute approximate surface area is 156 Å². The van der Waals surface area contributed by atoms with E-state index in [1.807, 2.05) is 24.7 Å². The molecule has 0 aliphatic carbocycles. The van der Waals surface area contributed by atoms with Gasteiger partial charge < -0.3 is 15.5 Å². The average Bonchev–Trinajstić information content (AvgIpc) is 2.91. The summed E-state index contributed by atoms with van der Waals surface area (Å²) in [5, 5.41) is 11.6. The number of nitrogens with one attached hydrogen (secondary N) is 2. The maximum atomic E-state index is 4.69. The molecule has 0 spiro atoms. The molecule has 3 heterocycles. The fraction of sp³-hybridized carbons (Fsp3) is 0.632. The predicted octanol–water partition coefficient (Wildman–Crippen LogP) is 2.19. The highest BCUT2D eigenvalue weighted by Gasteiger charge is 2.20. The van der Waals surface area contributed by atoms with Crippen LogP contribution in [0.25, 0.3) is 0 Å². The van der Waals surface area contributed by atoms with E-state index in [2.05, 4.69) is 39.5 Å². The maximum absolute atomic E-state index is 4.69. The number of piperazine rings is 1. The first-order chi connectivity index (χ1) is 12.6. The zero-order valence-corrected chi connectivity index (χ0v) is 16.5. The second-order valence-electron chi connectivity index (χ2n) is 7.02. The molecule has 0 unspecified atom stereocenters. The summed E-state index contributed by atoms with van der Waals surface area (Å²) in [5.41, 5.74) is 3.34. The molecule has 2 aromatic heterocycles. The molecule has 7 nitrogen and oxygen atoms in total. The van der Waals surface area contributed by atoms with Crippen molar-refractivity contribution in [3.05, 3.63) is 28.8 Å². The van der Waals surface area contributed by atoms with Crippen LogP contribution in [0.1, 0.15) is 42.5 Å². The molecule has 26 heavy (non-hydrogen) atoms. The molecule has 2 aromatic rings. The van der Waals surface area contributed by atoms with Crippen LogP contribution in [0.2, 0.25) is 0 Å². The molecule has 0 radical (unpaired) electrons. The summed E-state index contributed by atoms with van der Waals surface area (Å²) in [6.07, 6.45) is 3.21. The SMILES string of the molecule is CCCCc1nc(C)cc(NCc2c(C)nn(C)c2N2CCNCC2)n1. The third-order valence-corrected chi connectivity index (χ3v) is 4.83. The Balaban J connectivity index is 1.76. The maximum Gasteiger partial charge on any atom is 0.131 e. The monoisotopic (exact) mass is 357 g/mol. The molecule has 7 heteroatoms. The molecule has 142 valence electrons. The topological polar surface area (TPSA) is 70.9 Å². The van der Waals surface area contributed by atoms with Gasteiger partial charge in [0.15, 0.2) is 0 Å². The van der Waals surface area contributed by atoms with Gasteiger partial charge in [0.2, 0.25) is 0 Å². The Morgan fingerprint density at radius 2 is 1.96 bits per heavy atom. The number of unbranched alkanes of at least 4 members (excludes halogenated alkanes) is 1. The number of anilines is 2. The van der Waals surface area contributed by atoms with E-state index < -0.39 is 0 Å². The van der Waals surface area contributed by atoms with Crippen LogP contribution in [0.3, 0.4) is 0 Å². The Hall–Kier alpha value is -2.15. The third kappa shape index (κ3) is 4.33. The summed E-state index contributed by atoms with van der Waals surface area (Å²) in [7, 11) is 2.03. The highest BCUT2D eigenvalue weighted by molar-refractivity contribution is 5.52. The number of hydrogen-bond donors (Lipinski definition) is 2. The Morgan fingerprint density at radius 1 is 1.19 bits per heavy atom. The van der Waals surface area contributed by atoms with Crippen LogP contribution in [0.15, 0.2) is 6.07 Å². The quantitative estimate of drug-likeness (QED) is 0.792. The summed E-state index contributed by atoms with van der Waals surface area (Å²) in [5.74, 6) is 3.05. The molecule has 1 fully saturated rings. The number of aryl methyl sites for hydroxylation is 4. The van der Waals surface area contributed by atoms with Gasteiger partial charge in [0, 0.05) is 63.5 Å². The zero-order valence-electron chi connectivity index (χ0n) is 16.5. The fourth-order valence-corrected chi connectivity index (χ4v) is 3.52. The molecule has 1 aliphatic rings. The molecule has 3 rings (SSSR count). The van der Waals surface area contributed by atoms with Crippen molar-refractivity contribution in [2.24, 2.45) is 7.05 Å². The molecule has 0 atom stereocenters. The number of rotatable bonds is 7. The lowest BCUT2D eigenvalue weighted by Gasteiger charge is -2.30. The smallest absolute Gasteiger partial charge is 0.131 e. The summed E-state index contributed by atoms with van der Waals surface area (Å²) >= 11 is 0. The average molecular weight is 358 g/mol. The molecular weight excluding hydrogens is 326 g/mol. The van der Waals surface area contributed by atoms with Gasteiger partial charge in [0.1, 0.15) is 17.5 Å². The van der Waals surface area contributed by atoms with E-state index in [0.29, 0.717) is 0 Å². The van der Waals surface area contributed by atoms with Crippen LogP contribution < -0.4 is 15.5 Å². The molecule has 2 N–H and O–H groups in total. The van der Waals surface area contributed by atoms with Crippen molar-refractivity contribution >= 4 is 11.6 Å². The standard InChI is InChI=1S/C19H31N7/c1-5-6-7-17-22-14(2)12-18(23-17)21-13-16-15(3)24-25(4)19(16)26-10-8-20-9-11-26/h12,20H,5-11,13H2,1-4H3,(H,21,22,23). The molecule has 1 saturated heterocycles. The van der Waals surface area contributed by atoms with Crippen LogP contribution in [0, 0.1) is 13.8 Å². The first-order valence-corrected chi connectivity index (χ1v) is 9.65. The Morgan fingerprint density at radius 3 is 2.69 bits per heavy atom. The number of hydrogen-bond acceptors (Lipinski definition) is 6. The molecule has 0 bridgehead atoms. The molecule has 0 aromatic carbocycles. The normalized spacial score (nSPS) is 14.7. The number of nitrogens with zero attached hydrogens (tertiary/aromatic N) is 5. The van der Waals surface area contributed by atoms with Gasteiger partial charge in [-0.15, -0.1) is 0 Å². The fourth-order valence-electron chi connectivity index (χ4n) is 3.52. The number of aromatic nitrogens is 4. The summed E-state index contributed by atoms with van der Waals surface area (Å²) in [6, 6.07) is 2.02. The molecule has 0 saturated carbocycles. The minimum atomic E-state index is 0.725. The first kappa shape index (κ1) is 18.6. The van der Waals surface area contributed by atoms with E-state index >= 15 is 0 Å². The third-order valence-electron chi connectivity index (χ3n) is 4.83. The molecule has 0 amide bonds. The lowest BCUT2D eigenvalue weighted by Crippen LogP contribution is -2.44. The van der Waals surface area contributed by atoms with Crippen molar-refractivity contribution in [3.8, 4) is 0 Å². The van der Waals surface area contributed by atoms with Crippen LogP contribution in [-0.4, -0.2) is 45.9 Å². The second-order valence-corrected chi connectivity index (χ2v) is 7.02. The van der Waals surface area contributed by atoms with Crippen molar-refractivity contribution < 1.29 is 0 Å². The lowest BCUT2D eigenvalue weighted by atomic mass is 10.2. The van der Waals surface area contributed by atoms with Crippen LogP contribution in [-0.2, 0) is 20.0 Å². The summed E-state index contributed by atoms with van der Waals surface area (Å²) < 4.78 is 2.01. The summed E-state index contributed by atoms with van der Waals surface area (Å²) in [6.45, 7) is 11.1. The van der Waals surface area contributed by atoms with E-state index in [1.54, 1.807) is 0 Å². The summed E-state index contributed by atoms with van der Waals surface area (Å²) in [4.78, 5) is 11.7. The van der Waals surface area contributed by atoms with Gasteiger partial charge in [-0.3, -0.25) is 4.68 Å². The van der Waals surface area contributed by atoms with Crippen molar-refractivity contribution in [3.63, 3.8) is 0 Å². The van der Waals surface area contributed by atoms with Gasteiger partial charge in [-0.1, -0.05) is 13.3 Å². The highest BCUT2D eigenvalue weighted by atomic mass is 15.4. The molecule has 1 aliphatic heterocycles. The largest absolute Gasteiger partial charge is 0.366 e. The second kappa shape index (κ2) is 8.49. The predicted molar refractivity (Wildman–Crippen MR) is 106 cm³/mol. The molecular formula is C19H31N7. The van der Waals surface area contributed by atoms with Gasteiger partial charge in [-0.05, 0) is 20.3 Å². The Bertz CT molecular complexity index is 732. The van der Waals surface area contributed by atoms with E-state index in [1.165, 1.54) is 11.4 Å². The van der Waals surface area contributed by atoms with Gasteiger partial charge in [0.05, 0.1) is 5.69 Å². The van der Waals surface area contributed by atoms with Crippen molar-refractivity contribution in [2.75, 3.05) is 36.4 Å². The van der Waals surface area contributed by atoms with E-state index in [-0.39, 0.29) is 0 Å². The van der Waals surface area contributed by atoms with Gasteiger partial charge >= 0.3 is 0 Å². The van der Waals surface area contributed by atoms with Crippen molar-refractivity contribution in [1.29, 1.82) is 0 Å². The zero-order chi connectivity index (χ0) is 18.5. The van der Waals surface area contributed by atoms with Crippen LogP contribution >= 0.6 is 0 Å².